The molecule has 1 unspecified atom stereocenters. The molecule has 5 heteroatoms. The second-order valence-electron chi connectivity index (χ2n) is 3.24. The van der Waals surface area contributed by atoms with Crippen LogP contribution in [0, 0.1) is 0 Å². The fourth-order valence-corrected chi connectivity index (χ4v) is 1.67. The molecule has 0 saturated carbocycles. The molecule has 0 radical (unpaired) electrons. The van der Waals surface area contributed by atoms with Crippen molar-refractivity contribution in [1.29, 1.82) is 0 Å². The molecule has 1 atom stereocenters. The molecule has 1 aromatic rings. The zero-order valence-corrected chi connectivity index (χ0v) is 7.60. The molecule has 74 valence electrons. The minimum atomic E-state index is -0.819. The predicted octanol–water partition coefficient (Wildman–Crippen LogP) is 0.138. The van der Waals surface area contributed by atoms with Gasteiger partial charge in [-0.15, -0.1) is 0 Å². The third-order valence-corrected chi connectivity index (χ3v) is 2.27. The van der Waals surface area contributed by atoms with Crippen LogP contribution in [0.5, 0.6) is 0 Å². The van der Waals surface area contributed by atoms with Crippen molar-refractivity contribution in [2.75, 3.05) is 6.54 Å². The molecule has 0 aliphatic carbocycles. The first-order chi connectivity index (χ1) is 6.77. The molecule has 1 aromatic heterocycles. The largest absolute Gasteiger partial charge is 0.481 e. The van der Waals surface area contributed by atoms with Gasteiger partial charge in [-0.1, -0.05) is 0 Å². The second-order valence-corrected chi connectivity index (χ2v) is 3.24. The van der Waals surface area contributed by atoms with Crippen LogP contribution in [0.4, 0.5) is 0 Å². The Morgan fingerprint density at radius 1 is 1.57 bits per heavy atom. The van der Waals surface area contributed by atoms with Crippen LogP contribution in [0.3, 0.4) is 0 Å². The molecule has 5 nitrogen and oxygen atoms in total. The van der Waals surface area contributed by atoms with E-state index in [0.717, 1.165) is 24.4 Å². The Balaban J connectivity index is 2.26. The topological polar surface area (TPSA) is 75.1 Å². The first-order valence-corrected chi connectivity index (χ1v) is 4.52. The summed E-state index contributed by atoms with van der Waals surface area (Å²) < 4.78 is 0. The number of nitrogens with one attached hydrogen (secondary N) is 1. The first-order valence-electron chi connectivity index (χ1n) is 4.52. The average Bonchev–Trinajstić information content (AvgIpc) is 2.18. The summed E-state index contributed by atoms with van der Waals surface area (Å²) in [6.45, 7) is 0.768. The molecule has 0 amide bonds. The number of fused-ring (bicyclic) bond motifs is 1. The molecular weight excluding hydrogens is 182 g/mol. The average molecular weight is 193 g/mol. The van der Waals surface area contributed by atoms with Crippen molar-refractivity contribution in [1.82, 2.24) is 15.3 Å². The fourth-order valence-electron chi connectivity index (χ4n) is 1.67. The third-order valence-electron chi connectivity index (χ3n) is 2.27. The Kier molecular flexibility index (Phi) is 2.41. The number of carboxylic acids is 1. The van der Waals surface area contributed by atoms with Crippen LogP contribution >= 0.6 is 0 Å². The molecule has 2 heterocycles. The number of hydrogen-bond donors (Lipinski definition) is 2. The van der Waals surface area contributed by atoms with Crippen molar-refractivity contribution >= 4 is 5.97 Å². The molecule has 0 aromatic carbocycles. The molecule has 2 N–H and O–H groups in total. The van der Waals surface area contributed by atoms with E-state index in [-0.39, 0.29) is 12.5 Å². The molecule has 1 aliphatic heterocycles. The smallest absolute Gasteiger partial charge is 0.305 e. The van der Waals surface area contributed by atoms with Crippen molar-refractivity contribution in [2.45, 2.75) is 18.9 Å². The van der Waals surface area contributed by atoms with Crippen LogP contribution in [0.15, 0.2) is 12.4 Å². The van der Waals surface area contributed by atoms with E-state index in [2.05, 4.69) is 15.3 Å². The minimum absolute atomic E-state index is 0.0612. The van der Waals surface area contributed by atoms with Gasteiger partial charge in [0.05, 0.1) is 23.9 Å². The maximum Gasteiger partial charge on any atom is 0.305 e. The summed E-state index contributed by atoms with van der Waals surface area (Å²) in [6.07, 6.45) is 4.12. The maximum atomic E-state index is 10.6. The zero-order chi connectivity index (χ0) is 9.97. The standard InChI is InChI=1S/C9H11N3O2/c13-8(14)5-7-9-6(1-2-10-7)11-3-4-12-9/h3-4,7,10H,1-2,5H2,(H,13,14). The monoisotopic (exact) mass is 193 g/mol. The number of rotatable bonds is 2. The summed E-state index contributed by atoms with van der Waals surface area (Å²) in [5.41, 5.74) is 1.69. The number of nitrogens with zero attached hydrogens (tertiary/aromatic N) is 2. The molecule has 14 heavy (non-hydrogen) atoms. The Labute approximate surface area is 81.2 Å². The molecule has 2 rings (SSSR count). The Morgan fingerprint density at radius 3 is 3.14 bits per heavy atom. The van der Waals surface area contributed by atoms with Gasteiger partial charge in [-0.25, -0.2) is 0 Å². The van der Waals surface area contributed by atoms with Gasteiger partial charge in [0, 0.05) is 25.4 Å². The summed E-state index contributed by atoms with van der Waals surface area (Å²) in [5, 5.41) is 11.8. The van der Waals surface area contributed by atoms with Gasteiger partial charge in [-0.2, -0.15) is 0 Å². The van der Waals surface area contributed by atoms with Crippen LogP contribution < -0.4 is 5.32 Å². The third kappa shape index (κ3) is 1.72. The quantitative estimate of drug-likeness (QED) is 0.698. The van der Waals surface area contributed by atoms with Crippen LogP contribution in [0.2, 0.25) is 0 Å². The molecule has 0 fully saturated rings. The van der Waals surface area contributed by atoms with Crippen molar-refractivity contribution in [2.24, 2.45) is 0 Å². The van der Waals surface area contributed by atoms with Crippen LogP contribution in [-0.2, 0) is 11.2 Å². The van der Waals surface area contributed by atoms with Gasteiger partial charge in [-0.05, 0) is 0 Å². The number of hydrogen-bond acceptors (Lipinski definition) is 4. The summed E-state index contributed by atoms with van der Waals surface area (Å²) in [4.78, 5) is 18.9. The summed E-state index contributed by atoms with van der Waals surface area (Å²) in [6, 6.07) is -0.190. The van der Waals surface area contributed by atoms with Gasteiger partial charge in [0.2, 0.25) is 0 Å². The van der Waals surface area contributed by atoms with Gasteiger partial charge < -0.3 is 10.4 Å². The van der Waals surface area contributed by atoms with Crippen LogP contribution in [0.25, 0.3) is 0 Å². The van der Waals surface area contributed by atoms with E-state index in [1.165, 1.54) is 0 Å². The van der Waals surface area contributed by atoms with Gasteiger partial charge in [0.15, 0.2) is 0 Å². The van der Waals surface area contributed by atoms with Gasteiger partial charge in [0.1, 0.15) is 0 Å². The second kappa shape index (κ2) is 3.71. The SMILES string of the molecule is O=C(O)CC1NCCc2nccnc21. The van der Waals surface area contributed by atoms with Crippen molar-refractivity contribution in [3.8, 4) is 0 Å². The lowest BCUT2D eigenvalue weighted by atomic mass is 10.0. The molecular formula is C9H11N3O2. The number of aromatic nitrogens is 2. The Hall–Kier alpha value is -1.49. The molecule has 1 aliphatic rings. The Morgan fingerprint density at radius 2 is 2.36 bits per heavy atom. The Bertz CT molecular complexity index is 354. The lowest BCUT2D eigenvalue weighted by Crippen LogP contribution is -2.32. The molecule has 0 saturated heterocycles. The van der Waals surface area contributed by atoms with E-state index in [1.807, 2.05) is 0 Å². The van der Waals surface area contributed by atoms with Crippen LogP contribution in [0.1, 0.15) is 23.9 Å². The summed E-state index contributed by atoms with van der Waals surface area (Å²) in [7, 11) is 0. The number of carboxylic acid groups (broad SMARTS) is 1. The lowest BCUT2D eigenvalue weighted by Gasteiger charge is -2.23. The lowest BCUT2D eigenvalue weighted by molar-refractivity contribution is -0.137. The summed E-state index contributed by atoms with van der Waals surface area (Å²) in [5.74, 6) is -0.819. The highest BCUT2D eigenvalue weighted by molar-refractivity contribution is 5.67. The zero-order valence-electron chi connectivity index (χ0n) is 7.60. The highest BCUT2D eigenvalue weighted by Crippen LogP contribution is 2.20. The maximum absolute atomic E-state index is 10.6. The van der Waals surface area contributed by atoms with E-state index in [1.54, 1.807) is 12.4 Å². The molecule has 0 bridgehead atoms. The van der Waals surface area contributed by atoms with Crippen molar-refractivity contribution in [3.63, 3.8) is 0 Å². The molecule has 0 spiro atoms. The van der Waals surface area contributed by atoms with E-state index in [4.69, 9.17) is 5.11 Å². The van der Waals surface area contributed by atoms with Crippen molar-refractivity contribution in [3.05, 3.63) is 23.8 Å². The van der Waals surface area contributed by atoms with Gasteiger partial charge >= 0.3 is 5.97 Å². The highest BCUT2D eigenvalue weighted by Gasteiger charge is 2.23. The van der Waals surface area contributed by atoms with E-state index < -0.39 is 5.97 Å². The predicted molar refractivity (Wildman–Crippen MR) is 48.7 cm³/mol. The van der Waals surface area contributed by atoms with Gasteiger partial charge in [-0.3, -0.25) is 14.8 Å². The van der Waals surface area contributed by atoms with Crippen LogP contribution in [-0.4, -0.2) is 27.6 Å². The fraction of sp³-hybridized carbons (Fsp3) is 0.444. The van der Waals surface area contributed by atoms with E-state index >= 15 is 0 Å². The van der Waals surface area contributed by atoms with Gasteiger partial charge in [0.25, 0.3) is 0 Å². The number of carbonyl (C=O) groups is 1. The first kappa shape index (κ1) is 9.08. The van der Waals surface area contributed by atoms with E-state index in [9.17, 15) is 4.79 Å². The minimum Gasteiger partial charge on any atom is -0.481 e. The normalized spacial score (nSPS) is 20.1. The highest BCUT2D eigenvalue weighted by atomic mass is 16.4. The van der Waals surface area contributed by atoms with Crippen molar-refractivity contribution < 1.29 is 9.90 Å². The summed E-state index contributed by atoms with van der Waals surface area (Å²) >= 11 is 0. The number of aliphatic carboxylic acids is 1. The van der Waals surface area contributed by atoms with E-state index in [0.29, 0.717) is 0 Å².